The molecule has 8 aromatic rings. The fourth-order valence-electron chi connectivity index (χ4n) is 5.04. The molecule has 0 aliphatic heterocycles. The molecule has 2 aromatic heterocycles. The van der Waals surface area contributed by atoms with Crippen LogP contribution in [0, 0.1) is 0 Å². The van der Waals surface area contributed by atoms with Gasteiger partial charge >= 0.3 is 0 Å². The lowest BCUT2D eigenvalue weighted by molar-refractivity contribution is 0.600. The molecule has 2 nitrogen and oxygen atoms in total. The minimum atomic E-state index is -0.720. The van der Waals surface area contributed by atoms with Crippen LogP contribution in [0.25, 0.3) is 76.7 Å². The van der Waals surface area contributed by atoms with Crippen LogP contribution in [0.3, 0.4) is 0 Å². The van der Waals surface area contributed by atoms with E-state index in [9.17, 15) is 2.74 Å². The zero-order valence-corrected chi connectivity index (χ0v) is 18.4. The summed E-state index contributed by atoms with van der Waals surface area (Å²) in [6, 6.07) is 1.92. The van der Waals surface area contributed by atoms with E-state index in [0.717, 1.165) is 5.39 Å². The first-order valence-electron chi connectivity index (χ1n) is 17.6. The molecule has 0 amide bonds. The molecule has 2 heteroatoms. The number of fused-ring (bicyclic) bond motifs is 7. The molecule has 6 aromatic carbocycles. The molecule has 0 aliphatic rings. The van der Waals surface area contributed by atoms with E-state index in [1.54, 1.807) is 30.3 Å². The van der Waals surface area contributed by atoms with E-state index in [4.69, 9.17) is 23.9 Å². The summed E-state index contributed by atoms with van der Waals surface area (Å²) >= 11 is 0. The molecule has 36 heavy (non-hydrogen) atoms. The molecule has 2 heterocycles. The smallest absolute Gasteiger partial charge is 0.178 e. The second-order valence-electron chi connectivity index (χ2n) is 8.31. The van der Waals surface area contributed by atoms with Crippen molar-refractivity contribution in [2.45, 2.75) is 0 Å². The van der Waals surface area contributed by atoms with Gasteiger partial charge in [-0.2, -0.15) is 0 Å². The normalized spacial score (nSPS) is 16.9. The van der Waals surface area contributed by atoms with Crippen molar-refractivity contribution in [1.82, 2.24) is 0 Å². The fourth-order valence-corrected chi connectivity index (χ4v) is 5.04. The number of rotatable bonds is 2. The Bertz CT molecular complexity index is 2710. The minimum absolute atomic E-state index is 0.0351. The summed E-state index contributed by atoms with van der Waals surface area (Å²) in [5.41, 5.74) is 0.802. The molecule has 0 spiro atoms. The van der Waals surface area contributed by atoms with Crippen LogP contribution in [0.4, 0.5) is 0 Å². The molecular formula is C34H20O2. The average Bonchev–Trinajstić information content (AvgIpc) is 3.74. The highest BCUT2D eigenvalue weighted by molar-refractivity contribution is 6.26. The van der Waals surface area contributed by atoms with Gasteiger partial charge in [-0.3, -0.25) is 0 Å². The molecule has 8 rings (SSSR count). The van der Waals surface area contributed by atoms with Gasteiger partial charge in [0.25, 0.3) is 0 Å². The predicted octanol–water partition coefficient (Wildman–Crippen LogP) is 9.97. The summed E-state index contributed by atoms with van der Waals surface area (Å²) in [4.78, 5) is 0. The predicted molar refractivity (Wildman–Crippen MR) is 149 cm³/mol. The van der Waals surface area contributed by atoms with Gasteiger partial charge < -0.3 is 8.83 Å². The maximum atomic E-state index is 9.20. The Morgan fingerprint density at radius 2 is 1.22 bits per heavy atom. The van der Waals surface area contributed by atoms with E-state index in [-0.39, 0.29) is 32.7 Å². The van der Waals surface area contributed by atoms with Gasteiger partial charge in [0.05, 0.1) is 24.1 Å². The SMILES string of the molecule is [2H]c1c([2H])c([2H])c(-c2c3c([2H])c([2H])c([2H])c([2H])c3c(-c3cccc4oc5c(ccc6ccoc65)c34)c3c([2H])c([2H])c([2H])c([2H])c23)c([2H])c1[2H]. The first kappa shape index (κ1) is 10.8. The van der Waals surface area contributed by atoms with Crippen LogP contribution in [-0.2, 0) is 0 Å². The van der Waals surface area contributed by atoms with Crippen molar-refractivity contribution in [3.63, 3.8) is 0 Å². The van der Waals surface area contributed by atoms with Gasteiger partial charge in [0, 0.05) is 16.2 Å². The van der Waals surface area contributed by atoms with E-state index in [0.29, 0.717) is 33.1 Å². The highest BCUT2D eigenvalue weighted by atomic mass is 16.4. The Morgan fingerprint density at radius 1 is 0.556 bits per heavy atom. The molecule has 0 aliphatic carbocycles. The molecule has 0 saturated carbocycles. The van der Waals surface area contributed by atoms with Gasteiger partial charge in [0.1, 0.15) is 5.58 Å². The summed E-state index contributed by atoms with van der Waals surface area (Å²) in [5.74, 6) is 0. The molecule has 0 fully saturated rings. The van der Waals surface area contributed by atoms with Gasteiger partial charge in [0.2, 0.25) is 0 Å². The van der Waals surface area contributed by atoms with E-state index < -0.39 is 84.1 Å². The summed E-state index contributed by atoms with van der Waals surface area (Å²) in [5, 5.41) is 0.970. The van der Waals surface area contributed by atoms with Crippen molar-refractivity contribution in [2.24, 2.45) is 0 Å². The molecule has 0 atom stereocenters. The quantitative estimate of drug-likeness (QED) is 0.233. The van der Waals surface area contributed by atoms with Crippen LogP contribution in [0.15, 0.2) is 130 Å². The Morgan fingerprint density at radius 3 is 1.94 bits per heavy atom. The molecule has 0 bridgehead atoms. The van der Waals surface area contributed by atoms with E-state index in [2.05, 4.69) is 0 Å². The van der Waals surface area contributed by atoms with Crippen LogP contribution < -0.4 is 0 Å². The zero-order chi connectivity index (χ0) is 35.0. The molecular weight excluding hydrogens is 440 g/mol. The number of benzene rings is 6. The van der Waals surface area contributed by atoms with Crippen molar-refractivity contribution in [3.8, 4) is 22.3 Å². The minimum Gasteiger partial charge on any atom is -0.460 e. The Balaban J connectivity index is 1.74. The molecule has 0 unspecified atom stereocenters. The third-order valence-electron chi connectivity index (χ3n) is 6.48. The number of hydrogen-bond donors (Lipinski definition) is 0. The van der Waals surface area contributed by atoms with Crippen LogP contribution >= 0.6 is 0 Å². The van der Waals surface area contributed by atoms with Crippen molar-refractivity contribution in [3.05, 3.63) is 121 Å². The molecule has 168 valence electrons. The first-order chi connectivity index (χ1) is 23.3. The topological polar surface area (TPSA) is 26.3 Å². The fraction of sp³-hybridized carbons (Fsp3) is 0. The Hall–Kier alpha value is -4.82. The number of furan rings is 2. The molecule has 0 N–H and O–H groups in total. The largest absolute Gasteiger partial charge is 0.460 e. The van der Waals surface area contributed by atoms with E-state index in [1.807, 2.05) is 6.07 Å². The van der Waals surface area contributed by atoms with Gasteiger partial charge in [-0.25, -0.2) is 0 Å². The van der Waals surface area contributed by atoms with Crippen LogP contribution in [0.2, 0.25) is 0 Å². The summed E-state index contributed by atoms with van der Waals surface area (Å²) in [6.07, 6.45) is 1.52. The highest BCUT2D eigenvalue weighted by Crippen LogP contribution is 2.47. The van der Waals surface area contributed by atoms with Crippen molar-refractivity contribution in [2.75, 3.05) is 0 Å². The second kappa shape index (κ2) is 7.34. The van der Waals surface area contributed by atoms with Crippen molar-refractivity contribution < 1.29 is 26.7 Å². The van der Waals surface area contributed by atoms with Crippen LogP contribution in [0.5, 0.6) is 0 Å². The summed E-state index contributed by atoms with van der Waals surface area (Å²) < 4.78 is 126. The van der Waals surface area contributed by atoms with Gasteiger partial charge in [-0.05, 0) is 62.0 Å². The Labute approximate surface area is 225 Å². The van der Waals surface area contributed by atoms with E-state index in [1.165, 1.54) is 6.26 Å². The monoisotopic (exact) mass is 473 g/mol. The molecule has 0 radical (unpaired) electrons. The summed E-state index contributed by atoms with van der Waals surface area (Å²) in [7, 11) is 0. The molecule has 0 saturated heterocycles. The lowest BCUT2D eigenvalue weighted by atomic mass is 9.85. The van der Waals surface area contributed by atoms with Gasteiger partial charge in [-0.15, -0.1) is 0 Å². The van der Waals surface area contributed by atoms with Gasteiger partial charge in [-0.1, -0.05) is 96.8 Å². The second-order valence-corrected chi connectivity index (χ2v) is 8.31. The lowest BCUT2D eigenvalue weighted by Gasteiger charge is -2.18. The number of hydrogen-bond acceptors (Lipinski definition) is 2. The van der Waals surface area contributed by atoms with Crippen molar-refractivity contribution >= 4 is 54.5 Å². The van der Waals surface area contributed by atoms with Crippen LogP contribution in [-0.4, -0.2) is 0 Å². The van der Waals surface area contributed by atoms with E-state index >= 15 is 0 Å². The maximum absolute atomic E-state index is 9.20. The maximum Gasteiger partial charge on any atom is 0.178 e. The van der Waals surface area contributed by atoms with Crippen molar-refractivity contribution in [1.29, 1.82) is 0 Å². The highest BCUT2D eigenvalue weighted by Gasteiger charge is 2.21. The van der Waals surface area contributed by atoms with Gasteiger partial charge in [0.15, 0.2) is 11.2 Å². The Kier molecular flexibility index (Phi) is 2.21. The summed E-state index contributed by atoms with van der Waals surface area (Å²) in [6.45, 7) is 0. The average molecular weight is 474 g/mol. The third-order valence-corrected chi connectivity index (χ3v) is 6.48. The zero-order valence-electron chi connectivity index (χ0n) is 31.4. The third kappa shape index (κ3) is 2.61. The lowest BCUT2D eigenvalue weighted by Crippen LogP contribution is -1.91. The first-order valence-corrected chi connectivity index (χ1v) is 11.1. The van der Waals surface area contributed by atoms with Crippen LogP contribution in [0.1, 0.15) is 17.8 Å². The standard InChI is InChI=1S/C34H20O2/c1-2-9-21(10-3-1)30-23-11-4-6-13-25(23)31(26-14-7-5-12-24(26)30)27-15-8-16-29-32(27)28-18-17-22-19-20-35-33(22)34(28)36-29/h1-20H/i1D,2D,3D,4D,5D,6D,7D,9D,10D,11D,12D,13D,14D.